The van der Waals surface area contributed by atoms with Gasteiger partial charge in [-0.15, -0.1) is 0 Å². The third-order valence-corrected chi connectivity index (χ3v) is 4.18. The van der Waals surface area contributed by atoms with E-state index in [-0.39, 0.29) is 5.91 Å². The zero-order chi connectivity index (χ0) is 15.1. The minimum absolute atomic E-state index is 0.00259. The van der Waals surface area contributed by atoms with E-state index in [4.69, 9.17) is 5.73 Å². The van der Waals surface area contributed by atoms with Crippen LogP contribution in [0, 0.1) is 6.92 Å². The van der Waals surface area contributed by atoms with Crippen molar-refractivity contribution in [1.29, 1.82) is 0 Å². The van der Waals surface area contributed by atoms with Gasteiger partial charge in [0.1, 0.15) is 0 Å². The molecule has 0 spiro atoms. The van der Waals surface area contributed by atoms with Gasteiger partial charge in [0.05, 0.1) is 6.54 Å². The number of rotatable bonds is 7. The van der Waals surface area contributed by atoms with Gasteiger partial charge in [0, 0.05) is 17.4 Å². The normalized spacial score (nSPS) is 12.4. The summed E-state index contributed by atoms with van der Waals surface area (Å²) >= 11 is 1.83. The Bertz CT molecular complexity index is 451. The second kappa shape index (κ2) is 8.17. The summed E-state index contributed by atoms with van der Waals surface area (Å²) < 4.78 is 0. The number of hydrogen-bond donors (Lipinski definition) is 2. The molecule has 1 rings (SSSR count). The van der Waals surface area contributed by atoms with Crippen molar-refractivity contribution in [2.24, 2.45) is 0 Å². The molecule has 1 aromatic rings. The first-order valence-corrected chi connectivity index (χ1v) is 8.19. The third kappa shape index (κ3) is 5.06. The Hall–Kier alpha value is -1.20. The quantitative estimate of drug-likeness (QED) is 0.759. The number of carbonyl (C=O) groups excluding carboxylic acids is 1. The van der Waals surface area contributed by atoms with E-state index in [1.807, 2.05) is 43.9 Å². The van der Waals surface area contributed by atoms with Gasteiger partial charge < -0.3 is 11.1 Å². The van der Waals surface area contributed by atoms with E-state index in [0.717, 1.165) is 23.4 Å². The molecular formula is C15H25N3OS. The van der Waals surface area contributed by atoms with Gasteiger partial charge >= 0.3 is 0 Å². The molecule has 0 aliphatic heterocycles. The maximum Gasteiger partial charge on any atom is 0.238 e. The van der Waals surface area contributed by atoms with Crippen LogP contribution in [0.25, 0.3) is 0 Å². The van der Waals surface area contributed by atoms with Gasteiger partial charge in [-0.1, -0.05) is 6.07 Å². The molecule has 0 fully saturated rings. The van der Waals surface area contributed by atoms with Gasteiger partial charge in [0.2, 0.25) is 5.91 Å². The highest BCUT2D eigenvalue weighted by Crippen LogP contribution is 2.20. The van der Waals surface area contributed by atoms with Crippen LogP contribution in [0.3, 0.4) is 0 Å². The monoisotopic (exact) mass is 295 g/mol. The van der Waals surface area contributed by atoms with Crippen molar-refractivity contribution in [2.45, 2.75) is 26.3 Å². The molecule has 0 saturated heterocycles. The second-order valence-corrected chi connectivity index (χ2v) is 6.10. The minimum atomic E-state index is -0.00259. The highest BCUT2D eigenvalue weighted by molar-refractivity contribution is 7.98. The molecule has 5 heteroatoms. The molecule has 0 aliphatic rings. The standard InChI is InChI=1S/C15H25N3OS/c1-11(8-9-20-4)18(3)10-15(19)17-14-7-5-6-13(16)12(14)2/h5-7,11H,8-10,16H2,1-4H3,(H,17,19). The maximum atomic E-state index is 12.1. The van der Waals surface area contributed by atoms with Gasteiger partial charge in [-0.05, 0) is 57.0 Å². The van der Waals surface area contributed by atoms with E-state index < -0.39 is 0 Å². The molecule has 112 valence electrons. The number of nitrogen functional groups attached to an aromatic ring is 1. The Morgan fingerprint density at radius 1 is 1.50 bits per heavy atom. The molecule has 0 aromatic heterocycles. The van der Waals surface area contributed by atoms with Gasteiger partial charge in [0.25, 0.3) is 0 Å². The fraction of sp³-hybridized carbons (Fsp3) is 0.533. The van der Waals surface area contributed by atoms with Crippen LogP contribution >= 0.6 is 11.8 Å². The summed E-state index contributed by atoms with van der Waals surface area (Å²) in [4.78, 5) is 14.1. The lowest BCUT2D eigenvalue weighted by atomic mass is 10.1. The molecule has 0 radical (unpaired) electrons. The van der Waals surface area contributed by atoms with Crippen molar-refractivity contribution in [2.75, 3.05) is 36.7 Å². The Morgan fingerprint density at radius 2 is 2.20 bits per heavy atom. The van der Waals surface area contributed by atoms with Crippen molar-refractivity contribution in [1.82, 2.24) is 4.90 Å². The number of nitrogens with zero attached hydrogens (tertiary/aromatic N) is 1. The summed E-state index contributed by atoms with van der Waals surface area (Å²) in [7, 11) is 1.98. The van der Waals surface area contributed by atoms with E-state index in [1.165, 1.54) is 0 Å². The predicted octanol–water partition coefficient (Wildman–Crippen LogP) is 2.59. The fourth-order valence-electron chi connectivity index (χ4n) is 1.87. The summed E-state index contributed by atoms with van der Waals surface area (Å²) in [6.07, 6.45) is 3.18. The molecule has 0 heterocycles. The van der Waals surface area contributed by atoms with E-state index in [2.05, 4.69) is 23.4 Å². The summed E-state index contributed by atoms with van der Waals surface area (Å²) in [5, 5.41) is 2.93. The minimum Gasteiger partial charge on any atom is -0.398 e. The third-order valence-electron chi connectivity index (χ3n) is 3.53. The first-order valence-electron chi connectivity index (χ1n) is 6.79. The van der Waals surface area contributed by atoms with Crippen LogP contribution in [0.2, 0.25) is 0 Å². The van der Waals surface area contributed by atoms with Crippen molar-refractivity contribution in [3.8, 4) is 0 Å². The van der Waals surface area contributed by atoms with Crippen molar-refractivity contribution in [3.63, 3.8) is 0 Å². The summed E-state index contributed by atoms with van der Waals surface area (Å²) in [6.45, 7) is 4.45. The van der Waals surface area contributed by atoms with Crippen LogP contribution in [0.15, 0.2) is 18.2 Å². The zero-order valence-corrected chi connectivity index (χ0v) is 13.6. The molecule has 0 saturated carbocycles. The first-order chi connectivity index (χ1) is 9.45. The molecule has 3 N–H and O–H groups in total. The van der Waals surface area contributed by atoms with Crippen LogP contribution in [0.1, 0.15) is 18.9 Å². The average Bonchev–Trinajstić information content (AvgIpc) is 2.41. The summed E-state index contributed by atoms with van der Waals surface area (Å²) in [6, 6.07) is 5.96. The van der Waals surface area contributed by atoms with Crippen LogP contribution in [-0.2, 0) is 4.79 Å². The summed E-state index contributed by atoms with van der Waals surface area (Å²) in [5.41, 5.74) is 8.24. The van der Waals surface area contributed by atoms with E-state index in [9.17, 15) is 4.79 Å². The van der Waals surface area contributed by atoms with E-state index in [1.54, 1.807) is 0 Å². The van der Waals surface area contributed by atoms with Gasteiger partial charge in [-0.25, -0.2) is 0 Å². The Balaban J connectivity index is 2.53. The van der Waals surface area contributed by atoms with Gasteiger partial charge in [0.15, 0.2) is 0 Å². The molecule has 1 aromatic carbocycles. The molecule has 1 unspecified atom stereocenters. The number of likely N-dealkylation sites (N-methyl/N-ethyl adjacent to an activating group) is 1. The molecule has 0 aliphatic carbocycles. The lowest BCUT2D eigenvalue weighted by Gasteiger charge is -2.24. The Kier molecular flexibility index (Phi) is 6.88. The number of anilines is 2. The van der Waals surface area contributed by atoms with Crippen molar-refractivity contribution >= 4 is 29.0 Å². The molecular weight excluding hydrogens is 270 g/mol. The lowest BCUT2D eigenvalue weighted by molar-refractivity contribution is -0.117. The number of thioether (sulfide) groups is 1. The zero-order valence-electron chi connectivity index (χ0n) is 12.8. The van der Waals surface area contributed by atoms with Crippen LogP contribution in [0.4, 0.5) is 11.4 Å². The fourth-order valence-corrected chi connectivity index (χ4v) is 2.45. The number of hydrogen-bond acceptors (Lipinski definition) is 4. The van der Waals surface area contributed by atoms with E-state index in [0.29, 0.717) is 18.3 Å². The lowest BCUT2D eigenvalue weighted by Crippen LogP contribution is -2.36. The molecule has 4 nitrogen and oxygen atoms in total. The number of carbonyl (C=O) groups is 1. The first kappa shape index (κ1) is 16.9. The number of amides is 1. The Labute approximate surface area is 126 Å². The Morgan fingerprint density at radius 3 is 2.85 bits per heavy atom. The SMILES string of the molecule is CSCCC(C)N(C)CC(=O)Nc1cccc(N)c1C. The van der Waals surface area contributed by atoms with Crippen LogP contribution in [-0.4, -0.2) is 42.4 Å². The van der Waals surface area contributed by atoms with Gasteiger partial charge in [-0.3, -0.25) is 9.69 Å². The second-order valence-electron chi connectivity index (χ2n) is 5.11. The topological polar surface area (TPSA) is 58.4 Å². The highest BCUT2D eigenvalue weighted by Gasteiger charge is 2.13. The van der Waals surface area contributed by atoms with Gasteiger partial charge in [-0.2, -0.15) is 11.8 Å². The van der Waals surface area contributed by atoms with E-state index >= 15 is 0 Å². The summed E-state index contributed by atoms with van der Waals surface area (Å²) in [5.74, 6) is 1.11. The number of nitrogens with two attached hydrogens (primary N) is 1. The largest absolute Gasteiger partial charge is 0.398 e. The number of nitrogens with one attached hydrogen (secondary N) is 1. The number of benzene rings is 1. The average molecular weight is 295 g/mol. The maximum absolute atomic E-state index is 12.1. The molecule has 1 atom stereocenters. The highest BCUT2D eigenvalue weighted by atomic mass is 32.2. The van der Waals surface area contributed by atoms with Crippen LogP contribution < -0.4 is 11.1 Å². The molecule has 1 amide bonds. The smallest absolute Gasteiger partial charge is 0.238 e. The van der Waals surface area contributed by atoms with Crippen molar-refractivity contribution < 1.29 is 4.79 Å². The van der Waals surface area contributed by atoms with Crippen molar-refractivity contribution in [3.05, 3.63) is 23.8 Å². The van der Waals surface area contributed by atoms with Crippen LogP contribution in [0.5, 0.6) is 0 Å². The molecule has 0 bridgehead atoms. The molecule has 20 heavy (non-hydrogen) atoms. The predicted molar refractivity (Wildman–Crippen MR) is 89.3 cm³/mol.